The summed E-state index contributed by atoms with van der Waals surface area (Å²) in [6.07, 6.45) is -3.33. The van der Waals surface area contributed by atoms with Gasteiger partial charge in [0.1, 0.15) is 41.2 Å². The normalized spacial score (nSPS) is 21.0. The van der Waals surface area contributed by atoms with Crippen molar-refractivity contribution in [2.75, 3.05) is 11.9 Å². The molecule has 7 nitrogen and oxygen atoms in total. The number of benzene rings is 1. The van der Waals surface area contributed by atoms with Crippen molar-refractivity contribution in [3.05, 3.63) is 52.8 Å². The maximum absolute atomic E-state index is 14.1. The maximum Gasteiger partial charge on any atom is 0.275 e. The predicted octanol–water partition coefficient (Wildman–Crippen LogP) is 4.32. The summed E-state index contributed by atoms with van der Waals surface area (Å²) < 4.78 is 74.8. The number of aromatic nitrogens is 3. The van der Waals surface area contributed by atoms with Gasteiger partial charge in [-0.1, -0.05) is 6.07 Å². The van der Waals surface area contributed by atoms with Crippen LogP contribution in [0.4, 0.5) is 27.6 Å². The van der Waals surface area contributed by atoms with Gasteiger partial charge in [0.15, 0.2) is 0 Å². The van der Waals surface area contributed by atoms with E-state index in [4.69, 9.17) is 10.5 Å². The van der Waals surface area contributed by atoms with Gasteiger partial charge < -0.3 is 15.8 Å². The summed E-state index contributed by atoms with van der Waals surface area (Å²) in [5, 5.41) is 7.74. The molecule has 1 saturated heterocycles. The molecule has 0 bridgehead atoms. The molecule has 1 aromatic carbocycles. The van der Waals surface area contributed by atoms with Crippen LogP contribution >= 0.6 is 11.3 Å². The molecular formula is C21H20F5N5O2S. The van der Waals surface area contributed by atoms with E-state index in [-0.39, 0.29) is 47.1 Å². The second-order valence-corrected chi connectivity index (χ2v) is 8.54. The van der Waals surface area contributed by atoms with Gasteiger partial charge in [-0.2, -0.15) is 5.10 Å². The van der Waals surface area contributed by atoms with Crippen molar-refractivity contribution in [3.63, 3.8) is 0 Å². The minimum atomic E-state index is -2.74. The highest BCUT2D eigenvalue weighted by molar-refractivity contribution is 7.13. The summed E-state index contributed by atoms with van der Waals surface area (Å²) in [5.74, 6) is -2.40. The van der Waals surface area contributed by atoms with Crippen molar-refractivity contribution in [1.29, 1.82) is 0 Å². The van der Waals surface area contributed by atoms with E-state index in [1.54, 1.807) is 0 Å². The van der Waals surface area contributed by atoms with Gasteiger partial charge in [-0.25, -0.2) is 26.9 Å². The van der Waals surface area contributed by atoms with Gasteiger partial charge in [0, 0.05) is 11.4 Å². The molecule has 3 atom stereocenters. The van der Waals surface area contributed by atoms with Gasteiger partial charge in [0.25, 0.3) is 12.3 Å². The first kappa shape index (κ1) is 24.2. The molecule has 0 radical (unpaired) electrons. The van der Waals surface area contributed by atoms with E-state index in [1.165, 1.54) is 17.6 Å². The van der Waals surface area contributed by atoms with Crippen molar-refractivity contribution < 1.29 is 31.5 Å². The van der Waals surface area contributed by atoms with Crippen molar-refractivity contribution in [3.8, 4) is 10.6 Å². The molecule has 1 fully saturated rings. The van der Waals surface area contributed by atoms with Crippen LogP contribution in [0.15, 0.2) is 29.8 Å². The van der Waals surface area contributed by atoms with Gasteiger partial charge in [-0.05, 0) is 25.0 Å². The second kappa shape index (κ2) is 10.2. The number of carbonyl (C=O) groups excluding carboxylic acids is 1. The minimum Gasteiger partial charge on any atom is -0.369 e. The van der Waals surface area contributed by atoms with Crippen LogP contribution in [0.3, 0.4) is 0 Å². The zero-order chi connectivity index (χ0) is 24.4. The Morgan fingerprint density at radius 2 is 2.03 bits per heavy atom. The molecule has 3 N–H and O–H groups in total. The fourth-order valence-corrected chi connectivity index (χ4v) is 4.49. The lowest BCUT2D eigenvalue weighted by molar-refractivity contribution is 0.0218. The largest absolute Gasteiger partial charge is 0.369 e. The number of carbonyl (C=O) groups is 1. The Kier molecular flexibility index (Phi) is 7.24. The fraction of sp³-hybridized carbons (Fsp3) is 0.381. The van der Waals surface area contributed by atoms with Gasteiger partial charge in [-0.15, -0.1) is 11.3 Å². The highest BCUT2D eigenvalue weighted by Crippen LogP contribution is 2.34. The van der Waals surface area contributed by atoms with E-state index in [2.05, 4.69) is 15.4 Å². The highest BCUT2D eigenvalue weighted by Gasteiger charge is 2.31. The van der Waals surface area contributed by atoms with Crippen LogP contribution in [0.2, 0.25) is 0 Å². The van der Waals surface area contributed by atoms with E-state index in [1.807, 2.05) is 0 Å². The Labute approximate surface area is 194 Å². The summed E-state index contributed by atoms with van der Waals surface area (Å²) in [5.41, 5.74) is 5.48. The van der Waals surface area contributed by atoms with Crippen LogP contribution in [0.25, 0.3) is 10.6 Å². The molecule has 4 rings (SSSR count). The lowest BCUT2D eigenvalue weighted by atomic mass is 10.0. The number of nitrogens with zero attached hydrogens (tertiary/aromatic N) is 3. The van der Waals surface area contributed by atoms with E-state index < -0.39 is 48.8 Å². The van der Waals surface area contributed by atoms with Crippen LogP contribution in [-0.4, -0.2) is 45.9 Å². The molecule has 1 amide bonds. The fourth-order valence-electron chi connectivity index (χ4n) is 3.64. The average Bonchev–Trinajstić information content (AvgIpc) is 3.37. The number of hydrogen-bond acceptors (Lipinski definition) is 6. The van der Waals surface area contributed by atoms with Crippen LogP contribution in [0.5, 0.6) is 0 Å². The zero-order valence-corrected chi connectivity index (χ0v) is 18.4. The molecule has 2 aromatic heterocycles. The first-order chi connectivity index (χ1) is 16.2. The lowest BCUT2D eigenvalue weighted by Gasteiger charge is -2.19. The third-order valence-corrected chi connectivity index (χ3v) is 6.20. The van der Waals surface area contributed by atoms with E-state index >= 15 is 0 Å². The van der Waals surface area contributed by atoms with Crippen LogP contribution in [0, 0.1) is 11.6 Å². The molecule has 0 unspecified atom stereocenters. The molecule has 3 aromatic rings. The van der Waals surface area contributed by atoms with Gasteiger partial charge in [0.2, 0.25) is 0 Å². The van der Waals surface area contributed by atoms with Crippen LogP contribution in [-0.2, 0) is 11.3 Å². The summed E-state index contributed by atoms with van der Waals surface area (Å²) in [6.45, 7) is -1.09. The van der Waals surface area contributed by atoms with Crippen molar-refractivity contribution in [2.45, 2.75) is 44.1 Å². The third kappa shape index (κ3) is 5.10. The lowest BCUT2D eigenvalue weighted by Crippen LogP contribution is -2.32. The summed E-state index contributed by atoms with van der Waals surface area (Å²) in [7, 11) is 0. The first-order valence-corrected chi connectivity index (χ1v) is 11.2. The predicted molar refractivity (Wildman–Crippen MR) is 114 cm³/mol. The van der Waals surface area contributed by atoms with E-state index in [0.717, 1.165) is 28.2 Å². The van der Waals surface area contributed by atoms with Crippen LogP contribution < -0.4 is 11.1 Å². The molecule has 182 valence electrons. The summed E-state index contributed by atoms with van der Waals surface area (Å²) in [6, 6.07) is 2.59. The number of thiazole rings is 1. The summed E-state index contributed by atoms with van der Waals surface area (Å²) in [4.78, 5) is 16.8. The Hall–Kier alpha value is -2.90. The molecular weight excluding hydrogens is 481 g/mol. The minimum absolute atomic E-state index is 0.0376. The van der Waals surface area contributed by atoms with Crippen molar-refractivity contribution in [2.24, 2.45) is 5.73 Å². The van der Waals surface area contributed by atoms with E-state index in [9.17, 15) is 26.7 Å². The Morgan fingerprint density at radius 1 is 1.29 bits per heavy atom. The van der Waals surface area contributed by atoms with Gasteiger partial charge >= 0.3 is 0 Å². The molecule has 0 aliphatic carbocycles. The Bertz CT molecular complexity index is 1140. The molecule has 3 heterocycles. The summed E-state index contributed by atoms with van der Waals surface area (Å²) >= 11 is 0.867. The SMILES string of the molecule is N[C@H]1CC[C@H](c2c(NC(=O)c3csc(-c4c(F)cccc4F)n3)cnn2CC(F)F)OC[C@@H]1F. The molecule has 13 heteroatoms. The van der Waals surface area contributed by atoms with Crippen molar-refractivity contribution >= 4 is 22.9 Å². The Morgan fingerprint density at radius 3 is 2.74 bits per heavy atom. The molecule has 1 aliphatic heterocycles. The number of anilines is 1. The molecule has 0 saturated carbocycles. The monoisotopic (exact) mass is 501 g/mol. The maximum atomic E-state index is 14.1. The number of alkyl halides is 3. The van der Waals surface area contributed by atoms with Crippen molar-refractivity contribution in [1.82, 2.24) is 14.8 Å². The number of nitrogens with two attached hydrogens (primary N) is 1. The van der Waals surface area contributed by atoms with E-state index in [0.29, 0.717) is 0 Å². The molecule has 34 heavy (non-hydrogen) atoms. The number of nitrogens with one attached hydrogen (secondary N) is 1. The Balaban J connectivity index is 1.60. The van der Waals surface area contributed by atoms with Gasteiger partial charge in [0.05, 0.1) is 29.7 Å². The second-order valence-electron chi connectivity index (χ2n) is 7.68. The smallest absolute Gasteiger partial charge is 0.275 e. The molecule has 1 aliphatic rings. The third-order valence-electron chi connectivity index (χ3n) is 5.34. The zero-order valence-electron chi connectivity index (χ0n) is 17.6. The van der Waals surface area contributed by atoms with Crippen LogP contribution in [0.1, 0.15) is 35.1 Å². The highest BCUT2D eigenvalue weighted by atomic mass is 32.1. The number of amides is 1. The number of hydrogen-bond donors (Lipinski definition) is 2. The standard InChI is InChI=1S/C21H20F5N5O2S/c22-10-2-1-3-11(23)18(10)21-30-15(9-34-21)20(32)29-14-6-28-31(7-17(25)26)19(14)16-5-4-13(27)12(24)8-33-16/h1-3,6,9,12-13,16-17H,4-5,7-8,27H2,(H,29,32)/t12-,13-,16+/m0/s1. The average molecular weight is 501 g/mol. The quantitative estimate of drug-likeness (QED) is 0.491. The topological polar surface area (TPSA) is 95.1 Å². The van der Waals surface area contributed by atoms with Gasteiger partial charge in [-0.3, -0.25) is 9.48 Å². The first-order valence-electron chi connectivity index (χ1n) is 10.3. The number of ether oxygens (including phenoxy) is 1. The number of halogens is 5. The molecule has 0 spiro atoms. The number of rotatable bonds is 6.